The van der Waals surface area contributed by atoms with Gasteiger partial charge in [0.2, 0.25) is 11.8 Å². The van der Waals surface area contributed by atoms with Gasteiger partial charge in [-0.25, -0.2) is 0 Å². The second-order valence-electron chi connectivity index (χ2n) is 6.52. The average Bonchev–Trinajstić information content (AvgIpc) is 2.54. The van der Waals surface area contributed by atoms with E-state index in [1.807, 2.05) is 38.1 Å². The van der Waals surface area contributed by atoms with E-state index < -0.39 is 0 Å². The van der Waals surface area contributed by atoms with E-state index in [2.05, 4.69) is 10.6 Å². The van der Waals surface area contributed by atoms with Gasteiger partial charge >= 0.3 is 0 Å². The first-order chi connectivity index (χ1) is 11.9. The van der Waals surface area contributed by atoms with Gasteiger partial charge in [0.15, 0.2) is 0 Å². The number of anilines is 3. The number of hydrogen-bond acceptors (Lipinski definition) is 3. The Hall–Kier alpha value is -2.82. The number of carbonyl (C=O) groups excluding carboxylic acids is 2. The predicted octanol–water partition coefficient (Wildman–Crippen LogP) is 3.82. The third kappa shape index (κ3) is 6.67. The van der Waals surface area contributed by atoms with Crippen LogP contribution in [0.3, 0.4) is 0 Å². The Labute approximate surface area is 148 Å². The molecule has 4 N–H and O–H groups in total. The number of rotatable bonds is 7. The van der Waals surface area contributed by atoms with Crippen molar-refractivity contribution in [2.24, 2.45) is 5.92 Å². The van der Waals surface area contributed by atoms with E-state index in [9.17, 15) is 9.59 Å². The second kappa shape index (κ2) is 8.87. The maximum absolute atomic E-state index is 12.0. The molecule has 0 aliphatic carbocycles. The zero-order chi connectivity index (χ0) is 18.2. The van der Waals surface area contributed by atoms with Crippen molar-refractivity contribution >= 4 is 28.9 Å². The zero-order valence-corrected chi connectivity index (χ0v) is 14.7. The molecule has 0 aliphatic rings. The molecule has 0 saturated carbocycles. The summed E-state index contributed by atoms with van der Waals surface area (Å²) in [5.74, 6) is 0.256. The third-order valence-corrected chi connectivity index (χ3v) is 3.64. The Morgan fingerprint density at radius 3 is 2.12 bits per heavy atom. The van der Waals surface area contributed by atoms with Crippen LogP contribution in [0.15, 0.2) is 48.5 Å². The van der Waals surface area contributed by atoms with Crippen LogP contribution in [0.2, 0.25) is 0 Å². The molecule has 0 radical (unpaired) electrons. The lowest BCUT2D eigenvalue weighted by atomic mass is 10.1. The normalized spacial score (nSPS) is 10.5. The average molecular weight is 339 g/mol. The van der Waals surface area contributed by atoms with Crippen LogP contribution in [0, 0.1) is 5.92 Å². The highest BCUT2D eigenvalue weighted by molar-refractivity contribution is 5.93. The summed E-state index contributed by atoms with van der Waals surface area (Å²) in [4.78, 5) is 23.8. The van der Waals surface area contributed by atoms with Gasteiger partial charge in [0.05, 0.1) is 0 Å². The van der Waals surface area contributed by atoms with Crippen molar-refractivity contribution in [1.82, 2.24) is 0 Å². The summed E-state index contributed by atoms with van der Waals surface area (Å²) in [5, 5.41) is 5.70. The van der Waals surface area contributed by atoms with Crippen LogP contribution in [-0.2, 0) is 16.0 Å². The molecule has 2 rings (SSSR count). The Balaban J connectivity index is 1.82. The van der Waals surface area contributed by atoms with Gasteiger partial charge in [-0.2, -0.15) is 0 Å². The maximum Gasteiger partial charge on any atom is 0.224 e. The van der Waals surface area contributed by atoms with E-state index in [0.717, 1.165) is 11.3 Å². The molecule has 0 heterocycles. The molecule has 2 amide bonds. The minimum atomic E-state index is -0.0565. The van der Waals surface area contributed by atoms with Crippen LogP contribution in [-0.4, -0.2) is 11.8 Å². The minimum absolute atomic E-state index is 0.00563. The minimum Gasteiger partial charge on any atom is -0.399 e. The van der Waals surface area contributed by atoms with Gasteiger partial charge in [-0.3, -0.25) is 9.59 Å². The van der Waals surface area contributed by atoms with Crippen molar-refractivity contribution in [3.05, 3.63) is 54.1 Å². The fraction of sp³-hybridized carbons (Fsp3) is 0.300. The van der Waals surface area contributed by atoms with Crippen molar-refractivity contribution in [2.75, 3.05) is 16.4 Å². The Morgan fingerprint density at radius 1 is 0.960 bits per heavy atom. The molecule has 132 valence electrons. The molecule has 0 aromatic heterocycles. The smallest absolute Gasteiger partial charge is 0.224 e. The molecule has 5 nitrogen and oxygen atoms in total. The number of aryl methyl sites for hydroxylation is 1. The molecule has 0 saturated heterocycles. The standard InChI is InChI=1S/C20H25N3O2/c1-14(2)12-20(25)23-18-9-7-17(8-10-18)22-19(24)11-6-15-4-3-5-16(21)13-15/h3-5,7-10,13-14H,6,11-12,21H2,1-2H3,(H,22,24)(H,23,25). The van der Waals surface area contributed by atoms with Gasteiger partial charge < -0.3 is 16.4 Å². The highest BCUT2D eigenvalue weighted by Gasteiger charge is 2.06. The van der Waals surface area contributed by atoms with Crippen LogP contribution < -0.4 is 16.4 Å². The molecule has 0 aliphatic heterocycles. The lowest BCUT2D eigenvalue weighted by Gasteiger charge is -2.09. The summed E-state index contributed by atoms with van der Waals surface area (Å²) in [5.41, 5.74) is 8.91. The van der Waals surface area contributed by atoms with E-state index in [0.29, 0.717) is 36.6 Å². The summed E-state index contributed by atoms with van der Waals surface area (Å²) in [6.45, 7) is 4.00. The largest absolute Gasteiger partial charge is 0.399 e. The molecule has 2 aromatic rings. The number of carbonyl (C=O) groups is 2. The predicted molar refractivity (Wildman–Crippen MR) is 102 cm³/mol. The second-order valence-corrected chi connectivity index (χ2v) is 6.52. The fourth-order valence-electron chi connectivity index (χ4n) is 2.45. The number of nitrogen functional groups attached to an aromatic ring is 1. The van der Waals surface area contributed by atoms with Crippen LogP contribution in [0.1, 0.15) is 32.3 Å². The van der Waals surface area contributed by atoms with Crippen molar-refractivity contribution in [2.45, 2.75) is 33.1 Å². The van der Waals surface area contributed by atoms with Crippen LogP contribution in [0.5, 0.6) is 0 Å². The summed E-state index contributed by atoms with van der Waals surface area (Å²) in [6, 6.07) is 14.7. The molecule has 2 aromatic carbocycles. The maximum atomic E-state index is 12.0. The van der Waals surface area contributed by atoms with Crippen LogP contribution >= 0.6 is 0 Å². The summed E-state index contributed by atoms with van der Waals surface area (Å²) in [6.07, 6.45) is 1.51. The lowest BCUT2D eigenvalue weighted by Crippen LogP contribution is -2.14. The highest BCUT2D eigenvalue weighted by atomic mass is 16.2. The van der Waals surface area contributed by atoms with E-state index in [1.54, 1.807) is 24.3 Å². The number of nitrogens with two attached hydrogens (primary N) is 1. The van der Waals surface area contributed by atoms with Crippen LogP contribution in [0.4, 0.5) is 17.1 Å². The summed E-state index contributed by atoms with van der Waals surface area (Å²) < 4.78 is 0. The number of benzene rings is 2. The summed E-state index contributed by atoms with van der Waals surface area (Å²) >= 11 is 0. The molecule has 5 heteroatoms. The molecule has 0 bridgehead atoms. The molecule has 0 atom stereocenters. The first kappa shape index (κ1) is 18.5. The van der Waals surface area contributed by atoms with E-state index in [-0.39, 0.29) is 11.8 Å². The van der Waals surface area contributed by atoms with Gasteiger partial charge in [0.1, 0.15) is 0 Å². The molecule has 0 unspecified atom stereocenters. The van der Waals surface area contributed by atoms with Gasteiger partial charge in [0, 0.05) is 29.9 Å². The van der Waals surface area contributed by atoms with Crippen molar-refractivity contribution < 1.29 is 9.59 Å². The monoisotopic (exact) mass is 339 g/mol. The molecule has 0 fully saturated rings. The Kier molecular flexibility index (Phi) is 6.57. The first-order valence-electron chi connectivity index (χ1n) is 8.46. The Morgan fingerprint density at radius 2 is 1.56 bits per heavy atom. The van der Waals surface area contributed by atoms with E-state index in [1.165, 1.54) is 0 Å². The van der Waals surface area contributed by atoms with Gasteiger partial charge in [-0.05, 0) is 54.3 Å². The number of amides is 2. The van der Waals surface area contributed by atoms with E-state index >= 15 is 0 Å². The van der Waals surface area contributed by atoms with Gasteiger partial charge in [-0.15, -0.1) is 0 Å². The zero-order valence-electron chi connectivity index (χ0n) is 14.7. The highest BCUT2D eigenvalue weighted by Crippen LogP contribution is 2.15. The quantitative estimate of drug-likeness (QED) is 0.670. The molecule has 25 heavy (non-hydrogen) atoms. The molecular weight excluding hydrogens is 314 g/mol. The number of nitrogens with one attached hydrogen (secondary N) is 2. The van der Waals surface area contributed by atoms with Crippen molar-refractivity contribution in [3.8, 4) is 0 Å². The third-order valence-electron chi connectivity index (χ3n) is 3.64. The van der Waals surface area contributed by atoms with E-state index in [4.69, 9.17) is 5.73 Å². The van der Waals surface area contributed by atoms with Crippen LogP contribution in [0.25, 0.3) is 0 Å². The topological polar surface area (TPSA) is 84.2 Å². The molecule has 0 spiro atoms. The first-order valence-corrected chi connectivity index (χ1v) is 8.46. The number of hydrogen-bond donors (Lipinski definition) is 3. The van der Waals surface area contributed by atoms with Gasteiger partial charge in [0.25, 0.3) is 0 Å². The van der Waals surface area contributed by atoms with Crippen molar-refractivity contribution in [1.29, 1.82) is 0 Å². The lowest BCUT2D eigenvalue weighted by molar-refractivity contribution is -0.117. The fourth-order valence-corrected chi connectivity index (χ4v) is 2.45. The SMILES string of the molecule is CC(C)CC(=O)Nc1ccc(NC(=O)CCc2cccc(N)c2)cc1. The molecular formula is C20H25N3O2. The summed E-state index contributed by atoms with van der Waals surface area (Å²) in [7, 11) is 0. The Bertz CT molecular complexity index is 724. The van der Waals surface area contributed by atoms with Gasteiger partial charge in [-0.1, -0.05) is 26.0 Å². The van der Waals surface area contributed by atoms with Crippen molar-refractivity contribution in [3.63, 3.8) is 0 Å².